The van der Waals surface area contributed by atoms with E-state index in [1.165, 1.54) is 6.92 Å². The van der Waals surface area contributed by atoms with Crippen molar-refractivity contribution in [1.29, 1.82) is 0 Å². The first-order valence-corrected chi connectivity index (χ1v) is 5.70. The van der Waals surface area contributed by atoms with E-state index in [9.17, 15) is 12.8 Å². The molecule has 0 unspecified atom stereocenters. The molecule has 4 nitrogen and oxygen atoms in total. The first-order valence-electron chi connectivity index (χ1n) is 2.99. The molecular weight excluding hydrogens is 203 g/mol. The summed E-state index contributed by atoms with van der Waals surface area (Å²) in [6.45, 7) is 1.47. The summed E-state index contributed by atoms with van der Waals surface area (Å²) in [5, 5.41) is -0.409. The van der Waals surface area contributed by atoms with Crippen LogP contribution in [0.1, 0.15) is 5.69 Å². The number of anilines is 1. The zero-order valence-corrected chi connectivity index (χ0v) is 8.09. The Labute approximate surface area is 73.5 Å². The van der Waals surface area contributed by atoms with Gasteiger partial charge in [0.1, 0.15) is 0 Å². The Balaban J connectivity index is 2.92. The van der Waals surface area contributed by atoms with Gasteiger partial charge < -0.3 is 0 Å². The van der Waals surface area contributed by atoms with E-state index in [4.69, 9.17) is 0 Å². The van der Waals surface area contributed by atoms with E-state index in [0.717, 1.165) is 6.26 Å². The van der Waals surface area contributed by atoms with Gasteiger partial charge >= 0.3 is 0 Å². The van der Waals surface area contributed by atoms with Crippen molar-refractivity contribution in [3.8, 4) is 0 Å². The van der Waals surface area contributed by atoms with Crippen LogP contribution in [0.5, 0.6) is 0 Å². The van der Waals surface area contributed by atoms with Crippen molar-refractivity contribution in [2.75, 3.05) is 11.0 Å². The van der Waals surface area contributed by atoms with E-state index in [0.29, 0.717) is 11.3 Å². The molecule has 12 heavy (non-hydrogen) atoms. The van der Waals surface area contributed by atoms with Crippen LogP contribution in [0.15, 0.2) is 0 Å². The van der Waals surface area contributed by atoms with Crippen molar-refractivity contribution in [2.45, 2.75) is 6.92 Å². The summed E-state index contributed by atoms with van der Waals surface area (Å²) in [6.07, 6.45) is 0.988. The molecule has 1 N–H and O–H groups in total. The van der Waals surface area contributed by atoms with Crippen LogP contribution in [0.4, 0.5) is 9.52 Å². The van der Waals surface area contributed by atoms with Gasteiger partial charge in [-0.15, -0.1) is 0 Å². The maximum absolute atomic E-state index is 12.6. The van der Waals surface area contributed by atoms with Gasteiger partial charge in [0, 0.05) is 0 Å². The van der Waals surface area contributed by atoms with Crippen LogP contribution in [0.2, 0.25) is 0 Å². The number of sulfonamides is 1. The van der Waals surface area contributed by atoms with Crippen LogP contribution in [0.3, 0.4) is 0 Å². The fraction of sp³-hybridized carbons (Fsp3) is 0.400. The van der Waals surface area contributed by atoms with E-state index in [1.54, 1.807) is 0 Å². The number of nitrogens with zero attached hydrogens (tertiary/aromatic N) is 1. The highest BCUT2D eigenvalue weighted by Gasteiger charge is 2.09. The molecule has 7 heteroatoms. The highest BCUT2D eigenvalue weighted by molar-refractivity contribution is 7.92. The summed E-state index contributed by atoms with van der Waals surface area (Å²) in [5.41, 5.74) is 0.200. The molecule has 0 aliphatic rings. The quantitative estimate of drug-likeness (QED) is 0.791. The molecule has 0 atom stereocenters. The lowest BCUT2D eigenvalue weighted by atomic mass is 10.6. The third-order valence-electron chi connectivity index (χ3n) is 1.01. The van der Waals surface area contributed by atoms with Gasteiger partial charge in [0.25, 0.3) is 0 Å². The fourth-order valence-corrected chi connectivity index (χ4v) is 2.11. The van der Waals surface area contributed by atoms with Crippen LogP contribution < -0.4 is 4.72 Å². The van der Waals surface area contributed by atoms with Crippen LogP contribution in [-0.2, 0) is 10.0 Å². The Hall–Kier alpha value is -0.690. The summed E-state index contributed by atoms with van der Waals surface area (Å²) in [5.74, 6) is 0. The van der Waals surface area contributed by atoms with Gasteiger partial charge in [-0.3, -0.25) is 4.72 Å². The topological polar surface area (TPSA) is 59.1 Å². The predicted molar refractivity (Wildman–Crippen MR) is 45.3 cm³/mol. The Kier molecular flexibility index (Phi) is 2.34. The average molecular weight is 210 g/mol. The number of hydrogen-bond donors (Lipinski definition) is 1. The fourth-order valence-electron chi connectivity index (χ4n) is 0.580. The molecule has 0 saturated carbocycles. The molecule has 0 radical (unpaired) electrons. The van der Waals surface area contributed by atoms with Gasteiger partial charge in [-0.05, 0) is 6.92 Å². The Morgan fingerprint density at radius 1 is 1.58 bits per heavy atom. The number of aryl methyl sites for hydroxylation is 1. The molecule has 1 aromatic heterocycles. The third-order valence-corrected chi connectivity index (χ3v) is 2.57. The predicted octanol–water partition coefficient (Wildman–Crippen LogP) is 0.962. The van der Waals surface area contributed by atoms with E-state index in [2.05, 4.69) is 9.71 Å². The second-order valence-corrected chi connectivity index (χ2v) is 4.95. The highest BCUT2D eigenvalue weighted by Crippen LogP contribution is 2.20. The van der Waals surface area contributed by atoms with Gasteiger partial charge in [-0.1, -0.05) is 11.3 Å². The average Bonchev–Trinajstić information content (AvgIpc) is 2.07. The van der Waals surface area contributed by atoms with Gasteiger partial charge in [-0.2, -0.15) is 4.39 Å². The third kappa shape index (κ3) is 2.42. The number of aromatic nitrogens is 1. The summed E-state index contributed by atoms with van der Waals surface area (Å²) < 4.78 is 36.0. The molecule has 0 fully saturated rings. The molecule has 1 aromatic rings. The van der Waals surface area contributed by atoms with Gasteiger partial charge in [0.2, 0.25) is 15.2 Å². The lowest BCUT2D eigenvalue weighted by molar-refractivity contribution is 0.606. The first-order chi connectivity index (χ1) is 5.38. The molecule has 0 aliphatic carbocycles. The number of hydrogen-bond acceptors (Lipinski definition) is 4. The molecule has 1 rings (SSSR count). The highest BCUT2D eigenvalue weighted by atomic mass is 32.2. The maximum Gasteiger partial charge on any atom is 0.231 e. The Morgan fingerprint density at radius 2 is 2.17 bits per heavy atom. The van der Waals surface area contributed by atoms with E-state index in [1.807, 2.05) is 0 Å². The second-order valence-electron chi connectivity index (χ2n) is 2.25. The summed E-state index contributed by atoms with van der Waals surface area (Å²) in [7, 11) is -3.35. The number of nitrogens with one attached hydrogen (secondary N) is 1. The Bertz CT molecular complexity index is 365. The molecule has 0 spiro atoms. The van der Waals surface area contributed by atoms with Crippen LogP contribution in [-0.4, -0.2) is 19.7 Å². The zero-order chi connectivity index (χ0) is 9.35. The molecule has 68 valence electrons. The molecule has 1 heterocycles. The zero-order valence-electron chi connectivity index (χ0n) is 6.46. The molecule has 0 bridgehead atoms. The van der Waals surface area contributed by atoms with Crippen LogP contribution in [0, 0.1) is 12.1 Å². The van der Waals surface area contributed by atoms with Gasteiger partial charge in [-0.25, -0.2) is 13.4 Å². The maximum atomic E-state index is 12.6. The van der Waals surface area contributed by atoms with Gasteiger partial charge in [0.05, 0.1) is 11.9 Å². The lowest BCUT2D eigenvalue weighted by Crippen LogP contribution is -2.08. The van der Waals surface area contributed by atoms with Crippen molar-refractivity contribution in [3.05, 3.63) is 10.8 Å². The van der Waals surface area contributed by atoms with Crippen molar-refractivity contribution in [2.24, 2.45) is 0 Å². The SMILES string of the molecule is Cc1nc(NS(C)(=O)=O)sc1F. The Morgan fingerprint density at radius 3 is 2.50 bits per heavy atom. The molecular formula is C5H7FN2O2S2. The smallest absolute Gasteiger partial charge is 0.231 e. The molecule has 0 saturated heterocycles. The molecule has 0 amide bonds. The lowest BCUT2D eigenvalue weighted by Gasteiger charge is -1.95. The molecule has 0 aliphatic heterocycles. The van der Waals surface area contributed by atoms with E-state index >= 15 is 0 Å². The first kappa shape index (κ1) is 9.40. The largest absolute Gasteiger partial charge is 0.259 e. The van der Waals surface area contributed by atoms with Crippen LogP contribution in [0.25, 0.3) is 0 Å². The van der Waals surface area contributed by atoms with Crippen LogP contribution >= 0.6 is 11.3 Å². The monoisotopic (exact) mass is 210 g/mol. The number of thiazole rings is 1. The van der Waals surface area contributed by atoms with E-state index in [-0.39, 0.29) is 10.8 Å². The van der Waals surface area contributed by atoms with Crippen molar-refractivity contribution in [1.82, 2.24) is 4.98 Å². The minimum atomic E-state index is -3.35. The number of halogens is 1. The van der Waals surface area contributed by atoms with Crippen molar-refractivity contribution >= 4 is 26.5 Å². The van der Waals surface area contributed by atoms with Crippen molar-refractivity contribution in [3.63, 3.8) is 0 Å². The van der Waals surface area contributed by atoms with Crippen molar-refractivity contribution < 1.29 is 12.8 Å². The standard InChI is InChI=1S/C5H7FN2O2S2/c1-3-4(6)11-5(7-3)8-12(2,9)10/h1-2H3,(H,7,8). The minimum absolute atomic E-state index is 0.0625. The second kappa shape index (κ2) is 2.98. The van der Waals surface area contributed by atoms with Gasteiger partial charge in [0.15, 0.2) is 5.13 Å². The minimum Gasteiger partial charge on any atom is -0.259 e. The number of rotatable bonds is 2. The van der Waals surface area contributed by atoms with E-state index < -0.39 is 15.2 Å². The molecule has 0 aromatic carbocycles. The normalized spacial score (nSPS) is 11.6. The summed E-state index contributed by atoms with van der Waals surface area (Å²) in [4.78, 5) is 3.65. The summed E-state index contributed by atoms with van der Waals surface area (Å²) in [6, 6.07) is 0. The summed E-state index contributed by atoms with van der Waals surface area (Å²) >= 11 is 0.673.